The summed E-state index contributed by atoms with van der Waals surface area (Å²) >= 11 is 0. The van der Waals surface area contributed by atoms with Crippen LogP contribution in [0.15, 0.2) is 0 Å². The van der Waals surface area contributed by atoms with Crippen LogP contribution >= 0.6 is 0 Å². The van der Waals surface area contributed by atoms with Crippen LogP contribution in [0.25, 0.3) is 0 Å². The molecule has 0 saturated carbocycles. The minimum Gasteiger partial charge on any atom is 1.00 e. The van der Waals surface area contributed by atoms with Crippen molar-refractivity contribution >= 4 is 44.6 Å². The SMILES string of the molecule is [AlH3].[BH4-].[HH].[LiH].[Na+]. The van der Waals surface area contributed by atoms with Crippen molar-refractivity contribution in [3.63, 3.8) is 0 Å². The van der Waals surface area contributed by atoms with Crippen LogP contribution in [-0.4, -0.2) is 44.6 Å². The fourth-order valence-corrected chi connectivity index (χ4v) is 0. The Hall–Kier alpha value is 2.19. The summed E-state index contributed by atoms with van der Waals surface area (Å²) in [7, 11) is 0. The van der Waals surface area contributed by atoms with Crippen molar-refractivity contribution in [2.75, 3.05) is 0 Å². The zero-order chi connectivity index (χ0) is 0. The first-order chi connectivity index (χ1) is 0. The second kappa shape index (κ2) is 19.0. The molecule has 0 unspecified atom stereocenters. The molecule has 0 rings (SSSR count). The van der Waals surface area contributed by atoms with Gasteiger partial charge in [-0.3, -0.25) is 0 Å². The first kappa shape index (κ1) is 34.7. The van der Waals surface area contributed by atoms with Gasteiger partial charge in [0.15, 0.2) is 17.4 Å². The van der Waals surface area contributed by atoms with Gasteiger partial charge in [0.1, 0.15) is 0 Å². The molecule has 0 aromatic heterocycles. The van der Waals surface area contributed by atoms with Crippen LogP contribution in [-0.2, 0) is 0 Å². The number of hydrogen-bond donors (Lipinski definition) is 0. The standard InChI is InChI=1S/Al.BH4.Li.Na.H2.4H/h;1H4;;;1H;;;;/q;-1;;+1;;;;;. The van der Waals surface area contributed by atoms with Gasteiger partial charge in [0.25, 0.3) is 0 Å². The Morgan fingerprint density at radius 1 is 1.25 bits per heavy atom. The van der Waals surface area contributed by atoms with Gasteiger partial charge in [-0.15, -0.1) is 0 Å². The molecule has 4 heteroatoms. The van der Waals surface area contributed by atoms with Crippen LogP contribution < -0.4 is 29.6 Å². The Bertz CT molecular complexity index is 11.6. The van der Waals surface area contributed by atoms with E-state index in [0.717, 1.165) is 0 Å². The van der Waals surface area contributed by atoms with E-state index in [-0.39, 0.29) is 75.6 Å². The monoisotopic (exact) mass is 78.1 g/mol. The van der Waals surface area contributed by atoms with Crippen molar-refractivity contribution < 1.29 is 31.0 Å². The molecule has 4 heavy (non-hydrogen) atoms. The van der Waals surface area contributed by atoms with Gasteiger partial charge in [-0.2, -0.15) is 0 Å². The molecule has 0 aliphatic carbocycles. The smallest absolute Gasteiger partial charge is 1.00 e. The van der Waals surface area contributed by atoms with Crippen molar-refractivity contribution in [2.24, 2.45) is 0 Å². The predicted octanol–water partition coefficient (Wildman–Crippen LogP) is -6.03. The summed E-state index contributed by atoms with van der Waals surface area (Å²) in [6.07, 6.45) is 0. The van der Waals surface area contributed by atoms with E-state index in [1.165, 1.54) is 0 Å². The molecule has 0 aromatic rings. The molecular weight excluding hydrogens is 67.7 g/mol. The molecule has 18 valence electrons. The van der Waals surface area contributed by atoms with Gasteiger partial charge in [-0.25, -0.2) is 0 Å². The van der Waals surface area contributed by atoms with E-state index in [1.807, 2.05) is 0 Å². The van der Waals surface area contributed by atoms with Crippen molar-refractivity contribution in [3.8, 4) is 0 Å². The largest absolute Gasteiger partial charge is 1.00 e. The van der Waals surface area contributed by atoms with Crippen LogP contribution in [0, 0.1) is 0 Å². The summed E-state index contributed by atoms with van der Waals surface area (Å²) in [6.45, 7) is 0. The van der Waals surface area contributed by atoms with Gasteiger partial charge in [0.05, 0.1) is 0 Å². The van der Waals surface area contributed by atoms with Gasteiger partial charge in [0, 0.05) is 1.43 Å². The van der Waals surface area contributed by atoms with Gasteiger partial charge >= 0.3 is 48.4 Å². The minimum atomic E-state index is 0. The summed E-state index contributed by atoms with van der Waals surface area (Å²) in [5, 5.41) is 0. The van der Waals surface area contributed by atoms with Crippen molar-refractivity contribution in [1.29, 1.82) is 0 Å². The summed E-state index contributed by atoms with van der Waals surface area (Å²) in [5.41, 5.74) is 0. The third kappa shape index (κ3) is 8.89. The van der Waals surface area contributed by atoms with E-state index in [2.05, 4.69) is 0 Å². The molecular formula is H10AlBLiNa. The zero-order valence-corrected chi connectivity index (χ0v) is 3.00. The normalized spacial score (nSPS) is 0. The minimum absolute atomic E-state index is 0. The van der Waals surface area contributed by atoms with Crippen molar-refractivity contribution in [3.05, 3.63) is 0 Å². The van der Waals surface area contributed by atoms with E-state index in [0.29, 0.717) is 0 Å². The molecule has 0 nitrogen and oxygen atoms in total. The Morgan fingerprint density at radius 2 is 1.25 bits per heavy atom. The molecule has 0 atom stereocenters. The summed E-state index contributed by atoms with van der Waals surface area (Å²) < 4.78 is 0. The molecule has 0 spiro atoms. The van der Waals surface area contributed by atoms with Crippen LogP contribution in [0.5, 0.6) is 0 Å². The number of hydrogen-bond acceptors (Lipinski definition) is 0. The molecule has 0 radical (unpaired) electrons. The summed E-state index contributed by atoms with van der Waals surface area (Å²) in [4.78, 5) is 0. The first-order valence-electron chi connectivity index (χ1n) is 0. The second-order valence-electron chi connectivity index (χ2n) is 0. The van der Waals surface area contributed by atoms with E-state index in [1.54, 1.807) is 0 Å². The van der Waals surface area contributed by atoms with E-state index >= 15 is 0 Å². The molecule has 0 saturated heterocycles. The molecule has 0 aromatic carbocycles. The van der Waals surface area contributed by atoms with Gasteiger partial charge in [-0.05, 0) is 0 Å². The molecule has 0 bridgehead atoms. The van der Waals surface area contributed by atoms with Crippen LogP contribution in [0.1, 0.15) is 1.43 Å². The topological polar surface area (TPSA) is 0 Å². The third-order valence-corrected chi connectivity index (χ3v) is 0. The summed E-state index contributed by atoms with van der Waals surface area (Å²) in [6, 6.07) is 0. The van der Waals surface area contributed by atoms with Crippen LogP contribution in [0.2, 0.25) is 0 Å². The Morgan fingerprint density at radius 3 is 1.25 bits per heavy atom. The summed E-state index contributed by atoms with van der Waals surface area (Å²) in [5.74, 6) is 0. The van der Waals surface area contributed by atoms with E-state index < -0.39 is 0 Å². The average Bonchev–Trinajstić information content (AvgIpc) is 0. The van der Waals surface area contributed by atoms with Crippen LogP contribution in [0.4, 0.5) is 0 Å². The molecule has 0 amide bonds. The van der Waals surface area contributed by atoms with Gasteiger partial charge in [0.2, 0.25) is 0 Å². The van der Waals surface area contributed by atoms with Crippen molar-refractivity contribution in [1.82, 2.24) is 0 Å². The fourth-order valence-electron chi connectivity index (χ4n) is 0. The Labute approximate surface area is 74.8 Å². The third-order valence-electron chi connectivity index (χ3n) is 0. The van der Waals surface area contributed by atoms with Gasteiger partial charge in [-0.1, -0.05) is 8.41 Å². The quantitative estimate of drug-likeness (QED) is 0.253. The Balaban J connectivity index is 0. The average molecular weight is 77.8 g/mol. The zero-order valence-electron chi connectivity index (χ0n) is 1.00. The number of rotatable bonds is 0. The molecule has 0 heterocycles. The van der Waals surface area contributed by atoms with Crippen LogP contribution in [0.3, 0.4) is 0 Å². The molecule has 0 aliphatic rings. The van der Waals surface area contributed by atoms with E-state index in [9.17, 15) is 0 Å². The maximum atomic E-state index is 0. The molecule has 0 aliphatic heterocycles. The Kier molecular flexibility index (Phi) is 165. The fraction of sp³-hybridized carbons (Fsp3) is 0. The predicted molar refractivity (Wildman–Crippen MR) is 30.5 cm³/mol. The maximum Gasteiger partial charge on any atom is 1.00 e. The van der Waals surface area contributed by atoms with Gasteiger partial charge < -0.3 is 0 Å². The second-order valence-corrected chi connectivity index (χ2v) is 0. The first-order valence-corrected chi connectivity index (χ1v) is 0. The molecule has 0 fully saturated rings. The van der Waals surface area contributed by atoms with Crippen molar-refractivity contribution in [2.45, 2.75) is 0 Å². The van der Waals surface area contributed by atoms with E-state index in [4.69, 9.17) is 0 Å². The molecule has 0 N–H and O–H groups in total. The maximum absolute atomic E-state index is 0.